The Bertz CT molecular complexity index is 94.3. The monoisotopic (exact) mass is 205 g/mol. The summed E-state index contributed by atoms with van der Waals surface area (Å²) in [6.45, 7) is 13.2. The molecular formula is C12H31NO. The van der Waals surface area contributed by atoms with Crippen molar-refractivity contribution in [3.8, 4) is 0 Å². The van der Waals surface area contributed by atoms with Crippen LogP contribution in [0.5, 0.6) is 0 Å². The van der Waals surface area contributed by atoms with Crippen LogP contribution in [0.4, 0.5) is 0 Å². The Kier molecular flexibility index (Phi) is 18.0. The first-order chi connectivity index (χ1) is 6.56. The van der Waals surface area contributed by atoms with Gasteiger partial charge in [-0.05, 0) is 27.4 Å². The van der Waals surface area contributed by atoms with Crippen LogP contribution in [0.2, 0.25) is 0 Å². The fraction of sp³-hybridized carbons (Fsp3) is 1.00. The zero-order valence-corrected chi connectivity index (χ0v) is 11.8. The smallest absolute Gasteiger partial charge is 0.0643 e. The van der Waals surface area contributed by atoms with Gasteiger partial charge in [0, 0.05) is 12.6 Å². The summed E-state index contributed by atoms with van der Waals surface area (Å²) in [6.07, 6.45) is 1.12. The molecule has 0 bridgehead atoms. The lowest BCUT2D eigenvalue weighted by Crippen LogP contribution is -2.44. The highest BCUT2D eigenvalue weighted by Crippen LogP contribution is 2.15. The summed E-state index contributed by atoms with van der Waals surface area (Å²) in [7, 11) is 5.92. The van der Waals surface area contributed by atoms with Crippen LogP contribution in [0, 0.1) is 0 Å². The van der Waals surface area contributed by atoms with Crippen LogP contribution < -0.4 is 0 Å². The second kappa shape index (κ2) is 12.9. The summed E-state index contributed by atoms with van der Waals surface area (Å²) in [5, 5.41) is 0. The molecule has 0 amide bonds. The third-order valence-electron chi connectivity index (χ3n) is 2.30. The third kappa shape index (κ3) is 8.52. The van der Waals surface area contributed by atoms with Crippen molar-refractivity contribution in [2.45, 2.75) is 53.5 Å². The van der Waals surface area contributed by atoms with E-state index in [1.54, 1.807) is 7.11 Å². The molecule has 2 nitrogen and oxygen atoms in total. The second-order valence-electron chi connectivity index (χ2n) is 3.18. The van der Waals surface area contributed by atoms with E-state index in [0.29, 0.717) is 0 Å². The Balaban J connectivity index is -0.000000266. The molecule has 0 aromatic rings. The molecule has 90 valence electrons. The summed E-state index contributed by atoms with van der Waals surface area (Å²) in [5.74, 6) is 0. The van der Waals surface area contributed by atoms with Gasteiger partial charge in [-0.3, -0.25) is 0 Å². The molecule has 0 spiro atoms. The predicted molar refractivity (Wildman–Crippen MR) is 67.0 cm³/mol. The van der Waals surface area contributed by atoms with E-state index in [1.807, 2.05) is 27.7 Å². The van der Waals surface area contributed by atoms with E-state index in [1.165, 1.54) is 0 Å². The molecule has 0 fully saturated rings. The predicted octanol–water partition coefficient (Wildman–Crippen LogP) is 3.42. The van der Waals surface area contributed by atoms with Crippen molar-refractivity contribution in [2.75, 3.05) is 27.8 Å². The molecule has 0 rings (SSSR count). The normalized spacial score (nSPS) is 13.3. The number of nitrogens with zero attached hydrogens (tertiary/aromatic N) is 1. The van der Waals surface area contributed by atoms with Crippen molar-refractivity contribution in [2.24, 2.45) is 0 Å². The second-order valence-corrected chi connectivity index (χ2v) is 3.18. The van der Waals surface area contributed by atoms with E-state index < -0.39 is 0 Å². The van der Waals surface area contributed by atoms with E-state index in [0.717, 1.165) is 13.0 Å². The van der Waals surface area contributed by atoms with Gasteiger partial charge in [-0.1, -0.05) is 34.6 Å². The fourth-order valence-corrected chi connectivity index (χ4v) is 0.858. The maximum Gasteiger partial charge on any atom is 0.0643 e. The minimum absolute atomic E-state index is 0.203. The summed E-state index contributed by atoms with van der Waals surface area (Å²) < 4.78 is 5.12. The molecular weight excluding hydrogens is 174 g/mol. The van der Waals surface area contributed by atoms with Gasteiger partial charge in [0.15, 0.2) is 0 Å². The number of ether oxygens (including phenoxy) is 1. The molecule has 14 heavy (non-hydrogen) atoms. The largest absolute Gasteiger partial charge is 0.383 e. The van der Waals surface area contributed by atoms with Crippen molar-refractivity contribution < 1.29 is 4.74 Å². The third-order valence-corrected chi connectivity index (χ3v) is 2.30. The molecule has 0 saturated heterocycles. The van der Waals surface area contributed by atoms with Gasteiger partial charge < -0.3 is 9.64 Å². The maximum atomic E-state index is 5.12. The van der Waals surface area contributed by atoms with Gasteiger partial charge in [-0.25, -0.2) is 0 Å². The average molecular weight is 205 g/mol. The van der Waals surface area contributed by atoms with Crippen molar-refractivity contribution in [3.05, 3.63) is 0 Å². The summed E-state index contributed by atoms with van der Waals surface area (Å²) in [6, 6.07) is 0. The zero-order chi connectivity index (χ0) is 12.2. The molecule has 0 N–H and O–H groups in total. The van der Waals surface area contributed by atoms with Gasteiger partial charge in [0.05, 0.1) is 6.61 Å². The Morgan fingerprint density at radius 1 is 1.07 bits per heavy atom. The molecule has 0 aromatic heterocycles. The number of likely N-dealkylation sites (N-methyl/N-ethyl adjacent to an activating group) is 1. The van der Waals surface area contributed by atoms with E-state index >= 15 is 0 Å². The van der Waals surface area contributed by atoms with Crippen LogP contribution >= 0.6 is 0 Å². The van der Waals surface area contributed by atoms with Gasteiger partial charge in [0.1, 0.15) is 0 Å². The molecule has 0 aliphatic rings. The van der Waals surface area contributed by atoms with E-state index in [-0.39, 0.29) is 5.54 Å². The minimum Gasteiger partial charge on any atom is -0.383 e. The Labute approximate surface area is 91.6 Å². The van der Waals surface area contributed by atoms with E-state index in [9.17, 15) is 0 Å². The standard InChI is InChI=1S/C8H19NO.2C2H6/c1-6-8(2,7-10-5)9(3)4;2*1-2/h6-7H2,1-5H3;2*1-2H3. The van der Waals surface area contributed by atoms with Crippen LogP contribution in [0.15, 0.2) is 0 Å². The highest BCUT2D eigenvalue weighted by Gasteiger charge is 2.23. The fourth-order valence-electron chi connectivity index (χ4n) is 0.858. The van der Waals surface area contributed by atoms with Crippen molar-refractivity contribution in [1.82, 2.24) is 4.90 Å². The molecule has 0 aliphatic heterocycles. The Morgan fingerprint density at radius 3 is 1.50 bits per heavy atom. The number of hydrogen-bond donors (Lipinski definition) is 0. The van der Waals surface area contributed by atoms with Gasteiger partial charge >= 0.3 is 0 Å². The van der Waals surface area contributed by atoms with E-state index in [4.69, 9.17) is 4.74 Å². The van der Waals surface area contributed by atoms with E-state index in [2.05, 4.69) is 32.8 Å². The summed E-state index contributed by atoms with van der Waals surface area (Å²) >= 11 is 0. The molecule has 1 unspecified atom stereocenters. The molecule has 0 saturated carbocycles. The number of methoxy groups -OCH3 is 1. The first-order valence-corrected chi connectivity index (χ1v) is 5.73. The van der Waals surface area contributed by atoms with Gasteiger partial charge in [0.2, 0.25) is 0 Å². The van der Waals surface area contributed by atoms with Crippen LogP contribution in [-0.4, -0.2) is 38.3 Å². The lowest BCUT2D eigenvalue weighted by Gasteiger charge is -2.34. The number of rotatable bonds is 4. The maximum absolute atomic E-state index is 5.12. The van der Waals surface area contributed by atoms with Crippen LogP contribution in [0.25, 0.3) is 0 Å². The van der Waals surface area contributed by atoms with Crippen molar-refractivity contribution in [1.29, 1.82) is 0 Å². The Morgan fingerprint density at radius 2 is 1.43 bits per heavy atom. The first-order valence-electron chi connectivity index (χ1n) is 5.73. The van der Waals surface area contributed by atoms with Crippen molar-refractivity contribution in [3.63, 3.8) is 0 Å². The van der Waals surface area contributed by atoms with Crippen LogP contribution in [0.1, 0.15) is 48.0 Å². The minimum atomic E-state index is 0.203. The molecule has 2 heteroatoms. The topological polar surface area (TPSA) is 12.5 Å². The molecule has 0 aliphatic carbocycles. The van der Waals surface area contributed by atoms with Gasteiger partial charge in [-0.15, -0.1) is 0 Å². The Hall–Kier alpha value is -0.0800. The SMILES string of the molecule is CC.CC.CCC(C)(COC)N(C)C. The van der Waals surface area contributed by atoms with Crippen LogP contribution in [-0.2, 0) is 4.74 Å². The highest BCUT2D eigenvalue weighted by molar-refractivity contribution is 4.80. The summed E-state index contributed by atoms with van der Waals surface area (Å²) in [4.78, 5) is 2.20. The lowest BCUT2D eigenvalue weighted by atomic mass is 9.99. The molecule has 0 radical (unpaired) electrons. The molecule has 1 atom stereocenters. The first kappa shape index (κ1) is 19.5. The number of hydrogen-bond acceptors (Lipinski definition) is 2. The summed E-state index contributed by atoms with van der Waals surface area (Å²) in [5.41, 5.74) is 0.203. The average Bonchev–Trinajstić information content (AvgIpc) is 2.24. The highest BCUT2D eigenvalue weighted by atomic mass is 16.5. The van der Waals surface area contributed by atoms with Crippen LogP contribution in [0.3, 0.4) is 0 Å². The van der Waals surface area contributed by atoms with Gasteiger partial charge in [-0.2, -0.15) is 0 Å². The van der Waals surface area contributed by atoms with Gasteiger partial charge in [0.25, 0.3) is 0 Å². The lowest BCUT2D eigenvalue weighted by molar-refractivity contribution is 0.0505. The zero-order valence-electron chi connectivity index (χ0n) is 11.8. The molecule has 0 heterocycles. The molecule has 0 aromatic carbocycles. The van der Waals surface area contributed by atoms with Crippen molar-refractivity contribution >= 4 is 0 Å². The quantitative estimate of drug-likeness (QED) is 0.697.